The molecule has 0 aliphatic heterocycles. The molecule has 0 bridgehead atoms. The van der Waals surface area contributed by atoms with E-state index >= 15 is 0 Å². The molecule has 1 aromatic carbocycles. The Hall–Kier alpha value is -2.82. The van der Waals surface area contributed by atoms with Gasteiger partial charge in [0.2, 0.25) is 0 Å². The van der Waals surface area contributed by atoms with E-state index in [9.17, 15) is 4.79 Å². The second-order valence-corrected chi connectivity index (χ2v) is 7.76. The lowest BCUT2D eigenvalue weighted by Crippen LogP contribution is -2.08. The monoisotopic (exact) mass is 361 g/mol. The highest BCUT2D eigenvalue weighted by Gasteiger charge is 2.28. The van der Waals surface area contributed by atoms with Crippen LogP contribution in [0.25, 0.3) is 10.9 Å². The van der Waals surface area contributed by atoms with Gasteiger partial charge in [-0.1, -0.05) is 0 Å². The minimum atomic E-state index is -0.351. The highest BCUT2D eigenvalue weighted by molar-refractivity contribution is 5.96. The third-order valence-electron chi connectivity index (χ3n) is 5.64. The molecule has 5 nitrogen and oxygen atoms in total. The quantitative estimate of drug-likeness (QED) is 0.660. The van der Waals surface area contributed by atoms with E-state index < -0.39 is 0 Å². The molecule has 2 saturated carbocycles. The molecule has 1 N–H and O–H groups in total. The first-order chi connectivity index (χ1) is 13.1. The largest absolute Gasteiger partial charge is 0.465 e. The van der Waals surface area contributed by atoms with Crippen molar-refractivity contribution < 1.29 is 9.53 Å². The number of benzene rings is 1. The van der Waals surface area contributed by atoms with Gasteiger partial charge in [-0.15, -0.1) is 0 Å². The Kier molecular flexibility index (Phi) is 3.71. The summed E-state index contributed by atoms with van der Waals surface area (Å²) in [6.07, 6.45) is 8.81. The predicted molar refractivity (Wildman–Crippen MR) is 106 cm³/mol. The normalized spacial score (nSPS) is 16.5. The van der Waals surface area contributed by atoms with Crippen molar-refractivity contribution in [2.45, 2.75) is 37.5 Å². The van der Waals surface area contributed by atoms with Crippen LogP contribution in [0.2, 0.25) is 0 Å². The minimum absolute atomic E-state index is 0.351. The van der Waals surface area contributed by atoms with Crippen LogP contribution in [0.1, 0.15) is 59.0 Å². The van der Waals surface area contributed by atoms with Crippen LogP contribution in [0.4, 0.5) is 11.5 Å². The molecular weight excluding hydrogens is 338 g/mol. The van der Waals surface area contributed by atoms with Crippen molar-refractivity contribution in [3.63, 3.8) is 0 Å². The number of hydrogen-bond donors (Lipinski definition) is 1. The molecule has 2 fully saturated rings. The first kappa shape index (κ1) is 16.4. The van der Waals surface area contributed by atoms with Gasteiger partial charge in [-0.25, -0.2) is 9.78 Å². The Morgan fingerprint density at radius 2 is 1.96 bits per heavy atom. The van der Waals surface area contributed by atoms with Crippen molar-refractivity contribution in [2.75, 3.05) is 12.4 Å². The zero-order chi connectivity index (χ0) is 18.5. The first-order valence-electron chi connectivity index (χ1n) is 9.58. The fourth-order valence-corrected chi connectivity index (χ4v) is 3.88. The summed E-state index contributed by atoms with van der Waals surface area (Å²) in [6, 6.07) is 8.40. The maximum atomic E-state index is 12.3. The number of nitrogens with zero attached hydrogens (tertiary/aromatic N) is 2. The highest BCUT2D eigenvalue weighted by Crippen LogP contribution is 2.45. The van der Waals surface area contributed by atoms with Gasteiger partial charge in [0.15, 0.2) is 0 Å². The maximum Gasteiger partial charge on any atom is 0.341 e. The molecule has 5 heteroatoms. The number of ether oxygens (including phenoxy) is 1. The summed E-state index contributed by atoms with van der Waals surface area (Å²) in [7, 11) is 3.51. The SMILES string of the molecule is COC(=O)c1cc(C2CC2)cnc1Nc1cc(C2CC2)c2c(ccn2C)c1. The summed E-state index contributed by atoms with van der Waals surface area (Å²) in [4.78, 5) is 16.9. The van der Waals surface area contributed by atoms with Crippen LogP contribution in [0.5, 0.6) is 0 Å². The van der Waals surface area contributed by atoms with Crippen LogP contribution < -0.4 is 5.32 Å². The first-order valence-corrected chi connectivity index (χ1v) is 9.58. The van der Waals surface area contributed by atoms with Crippen LogP contribution in [-0.4, -0.2) is 22.6 Å². The molecule has 2 aliphatic rings. The molecule has 27 heavy (non-hydrogen) atoms. The van der Waals surface area contributed by atoms with E-state index in [1.54, 1.807) is 0 Å². The zero-order valence-electron chi connectivity index (χ0n) is 15.7. The van der Waals surface area contributed by atoms with Gasteiger partial charge in [0.1, 0.15) is 11.4 Å². The molecule has 5 rings (SSSR count). The number of nitrogens with one attached hydrogen (secondary N) is 1. The number of hydrogen-bond acceptors (Lipinski definition) is 4. The lowest BCUT2D eigenvalue weighted by molar-refractivity contribution is 0.0601. The number of fused-ring (bicyclic) bond motifs is 1. The van der Waals surface area contributed by atoms with Gasteiger partial charge in [-0.3, -0.25) is 0 Å². The van der Waals surface area contributed by atoms with Crippen LogP contribution in [0.3, 0.4) is 0 Å². The van der Waals surface area contributed by atoms with E-state index in [-0.39, 0.29) is 5.97 Å². The molecule has 0 amide bonds. The fourth-order valence-electron chi connectivity index (χ4n) is 3.88. The number of aromatic nitrogens is 2. The van der Waals surface area contributed by atoms with E-state index in [2.05, 4.69) is 46.3 Å². The number of carbonyl (C=O) groups is 1. The topological polar surface area (TPSA) is 56.1 Å². The van der Waals surface area contributed by atoms with E-state index in [1.807, 2.05) is 12.3 Å². The standard InChI is InChI=1S/C22H23N3O2/c1-25-8-7-15-9-17(11-18(20(15)25)14-5-6-14)24-21-19(22(26)27-2)10-16(12-23-21)13-3-4-13/h7-14H,3-6H2,1-2H3,(H,23,24). The number of esters is 1. The molecule has 0 saturated heterocycles. The van der Waals surface area contributed by atoms with Crippen LogP contribution in [0, 0.1) is 0 Å². The smallest absolute Gasteiger partial charge is 0.341 e. The number of methoxy groups -OCH3 is 1. The third-order valence-corrected chi connectivity index (χ3v) is 5.64. The highest BCUT2D eigenvalue weighted by atomic mass is 16.5. The van der Waals surface area contributed by atoms with Crippen molar-refractivity contribution in [3.05, 3.63) is 53.3 Å². The summed E-state index contributed by atoms with van der Waals surface area (Å²) >= 11 is 0. The van der Waals surface area contributed by atoms with Gasteiger partial charge in [0.05, 0.1) is 12.6 Å². The van der Waals surface area contributed by atoms with Gasteiger partial charge in [0, 0.05) is 30.5 Å². The molecule has 3 aromatic rings. The Balaban J connectivity index is 1.56. The fraction of sp³-hybridized carbons (Fsp3) is 0.364. The Bertz CT molecular complexity index is 1050. The molecule has 0 spiro atoms. The summed E-state index contributed by atoms with van der Waals surface area (Å²) in [5, 5.41) is 4.58. The van der Waals surface area contributed by atoms with Crippen LogP contribution in [-0.2, 0) is 11.8 Å². The van der Waals surface area contributed by atoms with Gasteiger partial charge < -0.3 is 14.6 Å². The number of anilines is 2. The molecular formula is C22H23N3O2. The Labute approximate surface area is 158 Å². The number of carbonyl (C=O) groups excluding carboxylic acids is 1. The molecule has 0 radical (unpaired) electrons. The van der Waals surface area contributed by atoms with Crippen molar-refractivity contribution in [3.8, 4) is 0 Å². The summed E-state index contributed by atoms with van der Waals surface area (Å²) in [5.41, 5.74) is 5.26. The van der Waals surface area contributed by atoms with Crippen molar-refractivity contribution >= 4 is 28.4 Å². The second kappa shape index (κ2) is 6.12. The van der Waals surface area contributed by atoms with Gasteiger partial charge in [-0.2, -0.15) is 0 Å². The molecule has 0 atom stereocenters. The molecule has 0 unspecified atom stereocenters. The third kappa shape index (κ3) is 2.97. The Morgan fingerprint density at radius 1 is 1.19 bits per heavy atom. The van der Waals surface area contributed by atoms with Crippen LogP contribution in [0.15, 0.2) is 36.7 Å². The average molecular weight is 361 g/mol. The lowest BCUT2D eigenvalue weighted by atomic mass is 10.1. The van der Waals surface area contributed by atoms with Crippen molar-refractivity contribution in [2.24, 2.45) is 7.05 Å². The average Bonchev–Trinajstić information content (AvgIpc) is 3.59. The molecule has 2 heterocycles. The van der Waals surface area contributed by atoms with Gasteiger partial charge in [-0.05, 0) is 72.9 Å². The number of aryl methyl sites for hydroxylation is 1. The summed E-state index contributed by atoms with van der Waals surface area (Å²) < 4.78 is 7.18. The molecule has 138 valence electrons. The maximum absolute atomic E-state index is 12.3. The van der Waals surface area contributed by atoms with E-state index in [0.29, 0.717) is 23.2 Å². The van der Waals surface area contributed by atoms with Gasteiger partial charge >= 0.3 is 5.97 Å². The van der Waals surface area contributed by atoms with Gasteiger partial charge in [0.25, 0.3) is 0 Å². The van der Waals surface area contributed by atoms with E-state index in [0.717, 1.165) is 11.3 Å². The zero-order valence-corrected chi connectivity index (χ0v) is 15.7. The molecule has 2 aromatic heterocycles. The Morgan fingerprint density at radius 3 is 2.67 bits per heavy atom. The lowest BCUT2D eigenvalue weighted by Gasteiger charge is -2.14. The minimum Gasteiger partial charge on any atom is -0.465 e. The van der Waals surface area contributed by atoms with Crippen LogP contribution >= 0.6 is 0 Å². The molecule has 2 aliphatic carbocycles. The van der Waals surface area contributed by atoms with Crippen molar-refractivity contribution in [1.29, 1.82) is 0 Å². The second-order valence-electron chi connectivity index (χ2n) is 7.76. The predicted octanol–water partition coefficient (Wildman–Crippen LogP) is 4.86. The van der Waals surface area contributed by atoms with Crippen molar-refractivity contribution in [1.82, 2.24) is 9.55 Å². The number of rotatable bonds is 5. The van der Waals surface area contributed by atoms with E-state index in [1.165, 1.54) is 49.3 Å². The summed E-state index contributed by atoms with van der Waals surface area (Å²) in [5.74, 6) is 1.38. The number of pyridine rings is 1. The summed E-state index contributed by atoms with van der Waals surface area (Å²) in [6.45, 7) is 0. The van der Waals surface area contributed by atoms with E-state index in [4.69, 9.17) is 4.74 Å².